The average Bonchev–Trinajstić information content (AvgIpc) is 1.30. The molecule has 100 heavy (non-hydrogen) atoms. The van der Waals surface area contributed by atoms with Crippen molar-refractivity contribution >= 4 is 19.8 Å². The van der Waals surface area contributed by atoms with Gasteiger partial charge < -0.3 is 27.9 Å². The van der Waals surface area contributed by atoms with Crippen molar-refractivity contribution in [2.45, 2.75) is 264 Å². The minimum absolute atomic E-state index is 0.0493. The highest BCUT2D eigenvalue weighted by molar-refractivity contribution is 7.45. The molecule has 0 bridgehead atoms. The molecule has 2 atom stereocenters. The lowest BCUT2D eigenvalue weighted by atomic mass is 10.0. The fourth-order valence-electron chi connectivity index (χ4n) is 9.54. The fourth-order valence-corrected chi connectivity index (χ4v) is 10.3. The van der Waals surface area contributed by atoms with E-state index in [1.165, 1.54) is 38.5 Å². The molecule has 0 heterocycles. The predicted octanol–water partition coefficient (Wildman–Crippen LogP) is 25.6. The van der Waals surface area contributed by atoms with Gasteiger partial charge in [0.1, 0.15) is 19.8 Å². The van der Waals surface area contributed by atoms with Crippen LogP contribution in [0.4, 0.5) is 0 Å². The molecule has 10 heteroatoms. The van der Waals surface area contributed by atoms with Gasteiger partial charge in [0.15, 0.2) is 6.10 Å². The van der Waals surface area contributed by atoms with E-state index in [1.807, 2.05) is 21.1 Å². The van der Waals surface area contributed by atoms with Crippen LogP contribution in [-0.2, 0) is 32.7 Å². The summed E-state index contributed by atoms with van der Waals surface area (Å²) < 4.78 is 34.3. The van der Waals surface area contributed by atoms with Crippen molar-refractivity contribution in [2.24, 2.45) is 0 Å². The minimum Gasteiger partial charge on any atom is -0.756 e. The number of nitrogens with zero attached hydrogens (tertiary/aromatic N) is 1. The third-order valence-electron chi connectivity index (χ3n) is 15.4. The highest BCUT2D eigenvalue weighted by atomic mass is 31.2. The molecule has 558 valence electrons. The van der Waals surface area contributed by atoms with Gasteiger partial charge in [0.2, 0.25) is 0 Å². The average molecular weight is 1400 g/mol. The summed E-state index contributed by atoms with van der Waals surface area (Å²) in [6.45, 7) is 3.95. The first-order chi connectivity index (χ1) is 49.0. The van der Waals surface area contributed by atoms with E-state index in [1.54, 1.807) is 0 Å². The molecular weight excluding hydrogens is 1250 g/mol. The molecule has 0 saturated carbocycles. The van der Waals surface area contributed by atoms with Gasteiger partial charge in [-0.15, -0.1) is 0 Å². The van der Waals surface area contributed by atoms with E-state index in [-0.39, 0.29) is 26.1 Å². The van der Waals surface area contributed by atoms with Gasteiger partial charge in [-0.1, -0.05) is 321 Å². The summed E-state index contributed by atoms with van der Waals surface area (Å²) in [4.78, 5) is 38.2. The Morgan fingerprint density at radius 1 is 0.310 bits per heavy atom. The van der Waals surface area contributed by atoms with Crippen LogP contribution in [0.2, 0.25) is 0 Å². The number of phosphoric acid groups is 1. The zero-order chi connectivity index (χ0) is 72.5. The largest absolute Gasteiger partial charge is 0.756 e. The summed E-state index contributed by atoms with van der Waals surface area (Å²) in [6, 6.07) is 0. The summed E-state index contributed by atoms with van der Waals surface area (Å²) in [7, 11) is 1.11. The van der Waals surface area contributed by atoms with E-state index in [0.717, 1.165) is 180 Å². The molecule has 0 amide bonds. The molecule has 0 aromatic rings. The molecule has 0 spiro atoms. The number of esters is 2. The first-order valence-electron chi connectivity index (χ1n) is 38.7. The smallest absolute Gasteiger partial charge is 0.306 e. The maximum absolute atomic E-state index is 12.9. The Hall–Kier alpha value is -6.19. The second-order valence-corrected chi connectivity index (χ2v) is 27.3. The van der Waals surface area contributed by atoms with Crippen LogP contribution in [0.15, 0.2) is 243 Å². The molecule has 0 radical (unpaired) electrons. The number of carbonyl (C=O) groups excluding carboxylic acids is 2. The van der Waals surface area contributed by atoms with Gasteiger partial charge in [0, 0.05) is 12.8 Å². The Bertz CT molecular complexity index is 2600. The quantitative estimate of drug-likeness (QED) is 0.0195. The molecule has 9 nitrogen and oxygen atoms in total. The van der Waals surface area contributed by atoms with Crippen molar-refractivity contribution in [3.63, 3.8) is 0 Å². The van der Waals surface area contributed by atoms with Crippen molar-refractivity contribution in [2.75, 3.05) is 47.5 Å². The maximum atomic E-state index is 12.9. The number of hydrogen-bond donors (Lipinski definition) is 0. The number of likely N-dealkylation sites (N-methyl/N-ethyl adjacent to an activating group) is 1. The summed E-state index contributed by atoms with van der Waals surface area (Å²) in [5.41, 5.74) is 0. The van der Waals surface area contributed by atoms with Crippen molar-refractivity contribution < 1.29 is 42.1 Å². The Labute approximate surface area is 613 Å². The molecule has 0 N–H and O–H groups in total. The lowest BCUT2D eigenvalue weighted by Crippen LogP contribution is -2.37. The lowest BCUT2D eigenvalue weighted by molar-refractivity contribution is -0.870. The van der Waals surface area contributed by atoms with Crippen LogP contribution in [0.3, 0.4) is 0 Å². The van der Waals surface area contributed by atoms with E-state index in [4.69, 9.17) is 18.5 Å². The monoisotopic (exact) mass is 1390 g/mol. The summed E-state index contributed by atoms with van der Waals surface area (Å²) in [5, 5.41) is 0. The standard InChI is InChI=1S/C90H140NO8P/c1-6-8-10-12-14-16-18-20-22-24-26-28-30-32-34-36-38-40-42-43-44-45-46-47-49-51-53-55-57-59-61-63-65-67-69-71-73-75-77-79-81-83-90(93)99-88(87-98-100(94,95)97-85-84-91(3,4)5)86-96-89(92)82-80-78-76-74-72-70-68-66-64-62-60-58-56-54-52-50-48-41-39-37-35-33-31-29-27-25-23-21-19-17-15-13-11-9-7-2/h8-11,14-17,20-23,26-29,32-35,38-41,43-44,46-47,50-53,56-59,62,64,68,70,88H,6-7,12-13,18-19,24-25,30-31,36-37,42,45,48-49,54-55,60-61,63,65-67,69,71-87H2,1-5H3/b10-8-,11-9-,16-14-,17-15-,22-20-,23-21-,28-26-,29-27-,34-32-,35-33-,40-38-,41-39-,44-43-,47-46-,52-50-,53-51-,58-56-,59-57-,64-62-,70-68-. The van der Waals surface area contributed by atoms with Crippen molar-refractivity contribution in [1.82, 2.24) is 0 Å². The molecule has 0 fully saturated rings. The van der Waals surface area contributed by atoms with Gasteiger partial charge in [-0.25, -0.2) is 0 Å². The van der Waals surface area contributed by atoms with E-state index in [0.29, 0.717) is 23.9 Å². The van der Waals surface area contributed by atoms with E-state index in [9.17, 15) is 19.0 Å². The number of phosphoric ester groups is 1. The summed E-state index contributed by atoms with van der Waals surface area (Å²) >= 11 is 0. The molecule has 0 aromatic heterocycles. The summed E-state index contributed by atoms with van der Waals surface area (Å²) in [6.07, 6.45) is 125. The predicted molar refractivity (Wildman–Crippen MR) is 433 cm³/mol. The molecule has 2 unspecified atom stereocenters. The topological polar surface area (TPSA) is 111 Å². The number of hydrogen-bond acceptors (Lipinski definition) is 8. The van der Waals surface area contributed by atoms with Gasteiger partial charge >= 0.3 is 11.9 Å². The number of quaternary nitrogens is 1. The Balaban J connectivity index is 4.17. The SMILES string of the molecule is CC/C=C\C/C=C\C/C=C\C/C=C\C/C=C\C/C=C\C/C=C\C/C=C\C/C=C\C/C=C\CCCCCCCCCCCCC(=O)OC(COC(=O)CCCCCC/C=C\C/C=C\C/C=C\C/C=C\C/C=C\C/C=C\C/C=C\C/C=C\C/C=C\C/C=C\CC)COP(=O)([O-])OCC[N+](C)(C)C. The molecule has 0 aliphatic heterocycles. The van der Waals surface area contributed by atoms with Crippen LogP contribution in [0, 0.1) is 0 Å². The van der Waals surface area contributed by atoms with Crippen molar-refractivity contribution in [3.05, 3.63) is 243 Å². The van der Waals surface area contributed by atoms with Gasteiger partial charge in [-0.3, -0.25) is 14.2 Å². The Kier molecular flexibility index (Phi) is 72.2. The number of rotatable bonds is 68. The van der Waals surface area contributed by atoms with E-state index in [2.05, 4.69) is 257 Å². The van der Waals surface area contributed by atoms with Crippen LogP contribution in [0.5, 0.6) is 0 Å². The normalized spacial score (nSPS) is 14.4. The zero-order valence-corrected chi connectivity index (χ0v) is 64.4. The number of carbonyl (C=O) groups is 2. The van der Waals surface area contributed by atoms with Crippen LogP contribution in [0.1, 0.15) is 258 Å². The third kappa shape index (κ3) is 80.8. The van der Waals surface area contributed by atoms with E-state index < -0.39 is 32.5 Å². The van der Waals surface area contributed by atoms with Crippen LogP contribution < -0.4 is 4.89 Å². The molecule has 0 rings (SSSR count). The Morgan fingerprint density at radius 2 is 0.540 bits per heavy atom. The fraction of sp³-hybridized carbons (Fsp3) is 0.533. The number of unbranched alkanes of at least 4 members (excludes halogenated alkanes) is 14. The van der Waals surface area contributed by atoms with Crippen LogP contribution in [0.25, 0.3) is 0 Å². The third-order valence-corrected chi connectivity index (χ3v) is 16.3. The summed E-state index contributed by atoms with van der Waals surface area (Å²) in [5.74, 6) is -0.885. The van der Waals surface area contributed by atoms with Gasteiger partial charge in [-0.05, 0) is 167 Å². The minimum atomic E-state index is -4.67. The van der Waals surface area contributed by atoms with Gasteiger partial charge in [0.05, 0.1) is 27.7 Å². The molecular formula is C90H140NO8P. The maximum Gasteiger partial charge on any atom is 0.306 e. The number of ether oxygens (including phenoxy) is 2. The Morgan fingerprint density at radius 3 is 0.800 bits per heavy atom. The highest BCUT2D eigenvalue weighted by Gasteiger charge is 2.22. The first kappa shape index (κ1) is 93.8. The second kappa shape index (κ2) is 77.0. The van der Waals surface area contributed by atoms with Crippen LogP contribution in [-0.4, -0.2) is 70.0 Å². The first-order valence-corrected chi connectivity index (χ1v) is 40.2. The lowest BCUT2D eigenvalue weighted by Gasteiger charge is -2.28. The van der Waals surface area contributed by atoms with Crippen LogP contribution >= 0.6 is 7.82 Å². The molecule has 0 aliphatic carbocycles. The van der Waals surface area contributed by atoms with Crippen molar-refractivity contribution in [1.29, 1.82) is 0 Å². The highest BCUT2D eigenvalue weighted by Crippen LogP contribution is 2.38. The molecule has 0 saturated heterocycles. The van der Waals surface area contributed by atoms with E-state index >= 15 is 0 Å². The van der Waals surface area contributed by atoms with Gasteiger partial charge in [0.25, 0.3) is 7.82 Å². The zero-order valence-electron chi connectivity index (χ0n) is 63.5. The number of allylic oxidation sites excluding steroid dienone is 40. The van der Waals surface area contributed by atoms with Crippen molar-refractivity contribution in [3.8, 4) is 0 Å². The molecule has 0 aromatic carbocycles. The van der Waals surface area contributed by atoms with Gasteiger partial charge in [-0.2, -0.15) is 0 Å². The molecule has 0 aliphatic rings. The second-order valence-electron chi connectivity index (χ2n) is 25.9.